The number of rotatable bonds is 4. The van der Waals surface area contributed by atoms with Crippen molar-refractivity contribution >= 4 is 22.4 Å². The van der Waals surface area contributed by atoms with Crippen LogP contribution in [0.5, 0.6) is 0 Å². The molecule has 0 radical (unpaired) electrons. The van der Waals surface area contributed by atoms with E-state index in [1.807, 2.05) is 25.1 Å². The summed E-state index contributed by atoms with van der Waals surface area (Å²) in [6.07, 6.45) is 2.44. The molecule has 0 spiro atoms. The summed E-state index contributed by atoms with van der Waals surface area (Å²) < 4.78 is 0. The van der Waals surface area contributed by atoms with E-state index in [9.17, 15) is 0 Å². The molecule has 5 heteroatoms. The van der Waals surface area contributed by atoms with Crippen molar-refractivity contribution in [2.45, 2.75) is 13.3 Å². The normalized spacial score (nSPS) is 10.9. The van der Waals surface area contributed by atoms with Gasteiger partial charge < -0.3 is 16.0 Å². The number of aryl methyl sites for hydroxylation is 1. The maximum absolute atomic E-state index is 5.54. The Bertz CT molecular complexity index is 732. The third-order valence-electron chi connectivity index (χ3n) is 3.22. The minimum atomic E-state index is 0.551. The van der Waals surface area contributed by atoms with Crippen molar-refractivity contribution in [1.82, 2.24) is 15.0 Å². The zero-order valence-electron chi connectivity index (χ0n) is 11.4. The second kappa shape index (κ2) is 5.30. The Morgan fingerprint density at radius 2 is 2.10 bits per heavy atom. The molecule has 0 saturated heterocycles. The van der Waals surface area contributed by atoms with Crippen LogP contribution in [0.3, 0.4) is 0 Å². The monoisotopic (exact) mass is 267 g/mol. The third kappa shape index (κ3) is 2.35. The van der Waals surface area contributed by atoms with Crippen LogP contribution in [0, 0.1) is 6.92 Å². The highest BCUT2D eigenvalue weighted by Crippen LogP contribution is 2.29. The smallest absolute Gasteiger partial charge is 0.134 e. The largest absolute Gasteiger partial charge is 0.357 e. The van der Waals surface area contributed by atoms with Gasteiger partial charge in [-0.05, 0) is 25.6 Å². The van der Waals surface area contributed by atoms with Gasteiger partial charge in [-0.15, -0.1) is 0 Å². The van der Waals surface area contributed by atoms with E-state index >= 15 is 0 Å². The van der Waals surface area contributed by atoms with Crippen molar-refractivity contribution in [2.24, 2.45) is 5.73 Å². The second-order valence-electron chi connectivity index (χ2n) is 4.69. The van der Waals surface area contributed by atoms with Crippen LogP contribution in [0.25, 0.3) is 10.9 Å². The molecule has 102 valence electrons. The molecule has 1 aromatic carbocycles. The zero-order chi connectivity index (χ0) is 13.9. The Kier molecular flexibility index (Phi) is 3.35. The fourth-order valence-corrected chi connectivity index (χ4v) is 2.28. The van der Waals surface area contributed by atoms with Crippen LogP contribution in [-0.2, 0) is 6.42 Å². The van der Waals surface area contributed by atoms with Crippen molar-refractivity contribution in [2.75, 3.05) is 11.9 Å². The lowest BCUT2D eigenvalue weighted by Crippen LogP contribution is -2.07. The van der Waals surface area contributed by atoms with E-state index in [4.69, 9.17) is 5.73 Å². The Morgan fingerprint density at radius 1 is 1.25 bits per heavy atom. The lowest BCUT2D eigenvalue weighted by Gasteiger charge is -2.07. The number of nitrogens with two attached hydrogens (primary N) is 1. The van der Waals surface area contributed by atoms with Crippen molar-refractivity contribution < 1.29 is 0 Å². The van der Waals surface area contributed by atoms with Gasteiger partial charge in [-0.2, -0.15) is 0 Å². The van der Waals surface area contributed by atoms with Gasteiger partial charge in [-0.3, -0.25) is 0 Å². The molecule has 0 atom stereocenters. The number of nitrogens with zero attached hydrogens (tertiary/aromatic N) is 2. The van der Waals surface area contributed by atoms with E-state index < -0.39 is 0 Å². The van der Waals surface area contributed by atoms with Gasteiger partial charge in [0.05, 0.1) is 5.69 Å². The van der Waals surface area contributed by atoms with Gasteiger partial charge in [0.15, 0.2) is 0 Å². The molecule has 0 aliphatic rings. The number of H-pyrrole nitrogens is 1. The summed E-state index contributed by atoms with van der Waals surface area (Å²) in [6, 6.07) is 10.1. The average molecular weight is 267 g/mol. The van der Waals surface area contributed by atoms with Gasteiger partial charge in [-0.1, -0.05) is 18.2 Å². The maximum Gasteiger partial charge on any atom is 0.134 e. The zero-order valence-corrected chi connectivity index (χ0v) is 11.4. The molecule has 0 fully saturated rings. The van der Waals surface area contributed by atoms with Crippen LogP contribution in [0.15, 0.2) is 36.5 Å². The Balaban J connectivity index is 1.96. The Hall–Kier alpha value is -2.40. The molecular weight excluding hydrogens is 250 g/mol. The summed E-state index contributed by atoms with van der Waals surface area (Å²) in [5.41, 5.74) is 8.80. The number of benzene rings is 1. The highest BCUT2D eigenvalue weighted by molar-refractivity contribution is 5.95. The highest BCUT2D eigenvalue weighted by Gasteiger charge is 2.08. The van der Waals surface area contributed by atoms with Crippen LogP contribution >= 0.6 is 0 Å². The summed E-state index contributed by atoms with van der Waals surface area (Å²) >= 11 is 0. The maximum atomic E-state index is 5.54. The number of hydrogen-bond donors (Lipinski definition) is 3. The molecule has 0 aliphatic carbocycles. The predicted molar refractivity (Wildman–Crippen MR) is 81.1 cm³/mol. The first-order valence-corrected chi connectivity index (χ1v) is 6.64. The summed E-state index contributed by atoms with van der Waals surface area (Å²) in [6.45, 7) is 2.60. The van der Waals surface area contributed by atoms with Crippen LogP contribution in [-0.4, -0.2) is 21.5 Å². The number of aromatic nitrogens is 3. The quantitative estimate of drug-likeness (QED) is 0.678. The lowest BCUT2D eigenvalue weighted by molar-refractivity contribution is 0.870. The van der Waals surface area contributed by atoms with Crippen molar-refractivity contribution in [1.29, 1.82) is 0 Å². The van der Waals surface area contributed by atoms with Crippen LogP contribution in [0.1, 0.15) is 11.5 Å². The number of fused-ring (bicyclic) bond motifs is 1. The number of nitrogens with one attached hydrogen (secondary N) is 2. The standard InChI is InChI=1S/C15H17N5/c1-10-15(11-4-2-3-5-12(11)18-10)20-14-7-9-17-13(19-14)6-8-16/h2-5,7,9,18H,6,8,16H2,1H3,(H,17,19,20). The van der Waals surface area contributed by atoms with Gasteiger partial charge in [0.1, 0.15) is 11.6 Å². The molecule has 0 saturated carbocycles. The molecule has 2 aromatic heterocycles. The lowest BCUT2D eigenvalue weighted by atomic mass is 10.2. The molecule has 0 aliphatic heterocycles. The molecule has 3 aromatic rings. The molecule has 0 bridgehead atoms. The molecule has 20 heavy (non-hydrogen) atoms. The van der Waals surface area contributed by atoms with Gasteiger partial charge in [0, 0.05) is 29.2 Å². The van der Waals surface area contributed by atoms with E-state index in [0.29, 0.717) is 13.0 Å². The van der Waals surface area contributed by atoms with E-state index in [1.165, 1.54) is 0 Å². The fraction of sp³-hybridized carbons (Fsp3) is 0.200. The Morgan fingerprint density at radius 3 is 2.95 bits per heavy atom. The topological polar surface area (TPSA) is 79.6 Å². The third-order valence-corrected chi connectivity index (χ3v) is 3.22. The first kappa shape index (κ1) is 12.6. The van der Waals surface area contributed by atoms with Gasteiger partial charge >= 0.3 is 0 Å². The summed E-state index contributed by atoms with van der Waals surface area (Å²) in [4.78, 5) is 12.0. The van der Waals surface area contributed by atoms with Gasteiger partial charge in [-0.25, -0.2) is 9.97 Å². The number of anilines is 2. The molecule has 3 rings (SSSR count). The first-order chi connectivity index (χ1) is 9.78. The summed E-state index contributed by atoms with van der Waals surface area (Å²) in [5, 5.41) is 4.53. The van der Waals surface area contributed by atoms with Crippen molar-refractivity contribution in [3.05, 3.63) is 48.0 Å². The summed E-state index contributed by atoms with van der Waals surface area (Å²) in [7, 11) is 0. The SMILES string of the molecule is Cc1[nH]c2ccccc2c1Nc1ccnc(CCN)n1. The van der Waals surface area contributed by atoms with Crippen LogP contribution < -0.4 is 11.1 Å². The van der Waals surface area contributed by atoms with E-state index in [1.54, 1.807) is 6.20 Å². The molecule has 0 amide bonds. The number of aromatic amines is 1. The minimum Gasteiger partial charge on any atom is -0.357 e. The van der Waals surface area contributed by atoms with E-state index in [-0.39, 0.29) is 0 Å². The summed E-state index contributed by atoms with van der Waals surface area (Å²) in [5.74, 6) is 1.55. The number of para-hydroxylation sites is 1. The second-order valence-corrected chi connectivity index (χ2v) is 4.69. The fourth-order valence-electron chi connectivity index (χ4n) is 2.28. The molecular formula is C15H17N5. The van der Waals surface area contributed by atoms with Crippen molar-refractivity contribution in [3.63, 3.8) is 0 Å². The number of hydrogen-bond acceptors (Lipinski definition) is 4. The van der Waals surface area contributed by atoms with E-state index in [2.05, 4.69) is 32.4 Å². The van der Waals surface area contributed by atoms with Crippen LogP contribution in [0.2, 0.25) is 0 Å². The Labute approximate surface area is 117 Å². The molecule has 4 N–H and O–H groups in total. The van der Waals surface area contributed by atoms with Crippen LogP contribution in [0.4, 0.5) is 11.5 Å². The van der Waals surface area contributed by atoms with E-state index in [0.717, 1.165) is 33.9 Å². The molecule has 2 heterocycles. The first-order valence-electron chi connectivity index (χ1n) is 6.64. The van der Waals surface area contributed by atoms with Crippen molar-refractivity contribution in [3.8, 4) is 0 Å². The van der Waals surface area contributed by atoms with Gasteiger partial charge in [0.2, 0.25) is 0 Å². The molecule has 0 unspecified atom stereocenters. The highest BCUT2D eigenvalue weighted by atomic mass is 15.0. The van der Waals surface area contributed by atoms with Gasteiger partial charge in [0.25, 0.3) is 0 Å². The average Bonchev–Trinajstić information content (AvgIpc) is 2.76. The minimum absolute atomic E-state index is 0.551. The predicted octanol–water partition coefficient (Wildman–Crippen LogP) is 2.51. The molecule has 5 nitrogen and oxygen atoms in total.